The van der Waals surface area contributed by atoms with E-state index in [1.165, 1.54) is 38.3 Å². The van der Waals surface area contributed by atoms with E-state index >= 15 is 0 Å². The number of phenolic OH excluding ortho intramolecular Hbond substituents is 1. The van der Waals surface area contributed by atoms with Crippen LogP contribution in [0.3, 0.4) is 0 Å². The van der Waals surface area contributed by atoms with Gasteiger partial charge in [-0.1, -0.05) is 24.3 Å². The number of methoxy groups -OCH3 is 2. The molecule has 3 aromatic rings. The highest BCUT2D eigenvalue weighted by Gasteiger charge is 2.26. The summed E-state index contributed by atoms with van der Waals surface area (Å²) in [5, 5.41) is 12.6. The lowest BCUT2D eigenvalue weighted by molar-refractivity contribution is 0.0471. The molecule has 3 aromatic carbocycles. The fourth-order valence-corrected chi connectivity index (χ4v) is 3.17. The highest BCUT2D eigenvalue weighted by molar-refractivity contribution is 6.14. The van der Waals surface area contributed by atoms with Crippen LogP contribution in [0, 0.1) is 0 Å². The van der Waals surface area contributed by atoms with E-state index in [2.05, 4.69) is 5.32 Å². The molecule has 3 rings (SSSR count). The Hall–Kier alpha value is -4.33. The molecule has 0 fully saturated rings. The molecule has 8 nitrogen and oxygen atoms in total. The minimum absolute atomic E-state index is 0.00895. The zero-order valence-corrected chi connectivity index (χ0v) is 18.4. The van der Waals surface area contributed by atoms with Crippen molar-refractivity contribution >= 4 is 23.3 Å². The van der Waals surface area contributed by atoms with Crippen molar-refractivity contribution in [2.45, 2.75) is 13.5 Å². The Morgan fingerprint density at radius 1 is 0.879 bits per heavy atom. The minimum atomic E-state index is -0.817. The number of benzene rings is 3. The van der Waals surface area contributed by atoms with Gasteiger partial charge in [0.15, 0.2) is 5.78 Å². The van der Waals surface area contributed by atoms with Crippen molar-refractivity contribution in [3.63, 3.8) is 0 Å². The van der Waals surface area contributed by atoms with Gasteiger partial charge in [0.25, 0.3) is 5.91 Å². The molecule has 170 valence electrons. The molecule has 0 atom stereocenters. The van der Waals surface area contributed by atoms with Crippen LogP contribution in [-0.4, -0.2) is 37.0 Å². The number of Topliss-reactive ketones (excluding diaryl/α,β-unsaturated/α-hetero) is 1. The summed E-state index contributed by atoms with van der Waals surface area (Å²) in [6.45, 7) is 1.24. The number of carbonyl (C=O) groups is 3. The maximum Gasteiger partial charge on any atom is 0.341 e. The quantitative estimate of drug-likeness (QED) is 0.391. The Kier molecular flexibility index (Phi) is 7.30. The third-order valence-corrected chi connectivity index (χ3v) is 4.89. The third-order valence-electron chi connectivity index (χ3n) is 4.89. The first-order valence-corrected chi connectivity index (χ1v) is 9.97. The van der Waals surface area contributed by atoms with Crippen LogP contribution in [0.25, 0.3) is 0 Å². The van der Waals surface area contributed by atoms with Gasteiger partial charge in [-0.3, -0.25) is 9.59 Å². The number of hydrogen-bond donors (Lipinski definition) is 2. The summed E-state index contributed by atoms with van der Waals surface area (Å²) in [7, 11) is 2.91. The monoisotopic (exact) mass is 449 g/mol. The summed E-state index contributed by atoms with van der Waals surface area (Å²) < 4.78 is 15.9. The second-order valence-corrected chi connectivity index (χ2v) is 7.02. The number of esters is 1. The van der Waals surface area contributed by atoms with E-state index in [9.17, 15) is 19.5 Å². The number of para-hydroxylation sites is 1. The van der Waals surface area contributed by atoms with Crippen LogP contribution in [0.5, 0.6) is 17.2 Å². The molecule has 0 spiro atoms. The molecule has 0 bridgehead atoms. The van der Waals surface area contributed by atoms with Crippen molar-refractivity contribution in [2.75, 3.05) is 19.5 Å². The molecule has 0 aliphatic carbocycles. The smallest absolute Gasteiger partial charge is 0.341 e. The van der Waals surface area contributed by atoms with Crippen molar-refractivity contribution in [2.24, 2.45) is 0 Å². The molecule has 0 unspecified atom stereocenters. The van der Waals surface area contributed by atoms with Crippen LogP contribution in [0.15, 0.2) is 60.7 Å². The molecule has 0 heterocycles. The lowest BCUT2D eigenvalue weighted by Gasteiger charge is -2.17. The summed E-state index contributed by atoms with van der Waals surface area (Å²) in [6.07, 6.45) is 0. The summed E-state index contributed by atoms with van der Waals surface area (Å²) in [5.41, 5.74) is 0.585. The lowest BCUT2D eigenvalue weighted by Crippen LogP contribution is -2.19. The van der Waals surface area contributed by atoms with Crippen LogP contribution in [-0.2, 0) is 11.3 Å². The number of aromatic hydroxyl groups is 1. The average molecular weight is 449 g/mol. The third kappa shape index (κ3) is 5.30. The van der Waals surface area contributed by atoms with Crippen LogP contribution in [0.2, 0.25) is 0 Å². The van der Waals surface area contributed by atoms with Gasteiger partial charge in [0.05, 0.1) is 31.0 Å². The van der Waals surface area contributed by atoms with E-state index in [4.69, 9.17) is 14.2 Å². The predicted molar refractivity (Wildman–Crippen MR) is 121 cm³/mol. The van der Waals surface area contributed by atoms with Gasteiger partial charge in [0, 0.05) is 5.56 Å². The van der Waals surface area contributed by atoms with Crippen LogP contribution < -0.4 is 14.8 Å². The van der Waals surface area contributed by atoms with Gasteiger partial charge in [0.2, 0.25) is 0 Å². The molecule has 33 heavy (non-hydrogen) atoms. The molecule has 2 N–H and O–H groups in total. The van der Waals surface area contributed by atoms with Gasteiger partial charge >= 0.3 is 5.97 Å². The zero-order chi connectivity index (χ0) is 24.0. The van der Waals surface area contributed by atoms with Crippen LogP contribution in [0.1, 0.15) is 43.6 Å². The Labute approximate surface area is 190 Å². The van der Waals surface area contributed by atoms with E-state index in [1.807, 2.05) is 0 Å². The number of rotatable bonds is 8. The Morgan fingerprint density at radius 3 is 2.18 bits per heavy atom. The summed E-state index contributed by atoms with van der Waals surface area (Å²) >= 11 is 0. The van der Waals surface area contributed by atoms with Crippen LogP contribution in [0.4, 0.5) is 5.69 Å². The highest BCUT2D eigenvalue weighted by atomic mass is 16.5. The fraction of sp³-hybridized carbons (Fsp3) is 0.160. The van der Waals surface area contributed by atoms with Gasteiger partial charge in [0.1, 0.15) is 23.9 Å². The molecule has 0 saturated heterocycles. The Morgan fingerprint density at radius 2 is 1.58 bits per heavy atom. The first-order chi connectivity index (χ1) is 15.8. The van der Waals surface area contributed by atoms with E-state index in [1.54, 1.807) is 43.5 Å². The number of carbonyl (C=O) groups excluding carboxylic acids is 3. The van der Waals surface area contributed by atoms with Crippen LogP contribution >= 0.6 is 0 Å². The molecular formula is C25H23NO7. The normalized spacial score (nSPS) is 10.3. The van der Waals surface area contributed by atoms with Crippen molar-refractivity contribution in [3.05, 3.63) is 82.9 Å². The first kappa shape index (κ1) is 23.3. The Bertz CT molecular complexity index is 1190. The van der Waals surface area contributed by atoms with Crippen molar-refractivity contribution in [3.8, 4) is 17.2 Å². The van der Waals surface area contributed by atoms with E-state index in [0.29, 0.717) is 11.3 Å². The van der Waals surface area contributed by atoms with E-state index < -0.39 is 17.7 Å². The van der Waals surface area contributed by atoms with E-state index in [0.717, 1.165) is 0 Å². The SMILES string of the molecule is COc1ccc(COC(=O)c2c(C(C)=O)ccc(OC)c2NC(=O)c2ccccc2O)cc1. The van der Waals surface area contributed by atoms with Gasteiger partial charge in [-0.15, -0.1) is 0 Å². The number of amides is 1. The maximum absolute atomic E-state index is 13.1. The Balaban J connectivity index is 1.97. The summed E-state index contributed by atoms with van der Waals surface area (Å²) in [6, 6.07) is 15.8. The number of anilines is 1. The highest BCUT2D eigenvalue weighted by Crippen LogP contribution is 2.33. The number of ketones is 1. The predicted octanol–water partition coefficient (Wildman–Crippen LogP) is 4.22. The molecule has 0 aliphatic rings. The summed E-state index contributed by atoms with van der Waals surface area (Å²) in [5.74, 6) is -1.32. The van der Waals surface area contributed by atoms with Gasteiger partial charge in [-0.05, 0) is 48.9 Å². The molecule has 8 heteroatoms. The fourth-order valence-electron chi connectivity index (χ4n) is 3.17. The number of hydrogen-bond acceptors (Lipinski definition) is 7. The average Bonchev–Trinajstić information content (AvgIpc) is 2.82. The molecule has 1 amide bonds. The van der Waals surface area contributed by atoms with Gasteiger partial charge < -0.3 is 24.6 Å². The molecule has 0 aliphatic heterocycles. The largest absolute Gasteiger partial charge is 0.507 e. The van der Waals surface area contributed by atoms with Gasteiger partial charge in [-0.25, -0.2) is 4.79 Å². The lowest BCUT2D eigenvalue weighted by atomic mass is 10.0. The molecule has 0 aromatic heterocycles. The minimum Gasteiger partial charge on any atom is -0.507 e. The zero-order valence-electron chi connectivity index (χ0n) is 18.4. The van der Waals surface area contributed by atoms with E-state index in [-0.39, 0.29) is 40.5 Å². The molecular weight excluding hydrogens is 426 g/mol. The molecule has 0 saturated carbocycles. The topological polar surface area (TPSA) is 111 Å². The second-order valence-electron chi connectivity index (χ2n) is 7.02. The standard InChI is InChI=1S/C25H23NO7/c1-15(27)18-12-13-21(32-3)23(26-24(29)19-6-4-5-7-20(19)28)22(18)25(30)33-14-16-8-10-17(31-2)11-9-16/h4-13,28H,14H2,1-3H3,(H,26,29). The number of nitrogens with one attached hydrogen (secondary N) is 1. The maximum atomic E-state index is 13.1. The molecule has 0 radical (unpaired) electrons. The van der Waals surface area contributed by atoms with Crippen molar-refractivity contribution in [1.82, 2.24) is 0 Å². The number of phenols is 1. The second kappa shape index (κ2) is 10.3. The first-order valence-electron chi connectivity index (χ1n) is 9.97. The number of ether oxygens (including phenoxy) is 3. The van der Waals surface area contributed by atoms with Crippen molar-refractivity contribution < 1.29 is 33.7 Å². The van der Waals surface area contributed by atoms with Crippen molar-refractivity contribution in [1.29, 1.82) is 0 Å². The van der Waals surface area contributed by atoms with Gasteiger partial charge in [-0.2, -0.15) is 0 Å². The summed E-state index contributed by atoms with van der Waals surface area (Å²) in [4.78, 5) is 38.2.